The Morgan fingerprint density at radius 2 is 1.92 bits per heavy atom. The van der Waals surface area contributed by atoms with E-state index in [1.165, 1.54) is 28.4 Å². The first-order chi connectivity index (χ1) is 17.7. The summed E-state index contributed by atoms with van der Waals surface area (Å²) in [5.74, 6) is -1.12. The lowest BCUT2D eigenvalue weighted by Crippen LogP contribution is -2.29. The normalized spacial score (nSPS) is 20.5. The molecule has 1 amide bonds. The largest absolute Gasteiger partial charge is 0.508 e. The van der Waals surface area contributed by atoms with Crippen LogP contribution in [0.25, 0.3) is 16.0 Å². The molecule has 0 radical (unpaired) electrons. The van der Waals surface area contributed by atoms with Crippen LogP contribution in [0.1, 0.15) is 40.8 Å². The molecule has 3 heterocycles. The Hall–Kier alpha value is -4.17. The summed E-state index contributed by atoms with van der Waals surface area (Å²) in [5.41, 5.74) is 4.60. The van der Waals surface area contributed by atoms with Gasteiger partial charge >= 0.3 is 5.91 Å². The van der Waals surface area contributed by atoms with Gasteiger partial charge in [0.15, 0.2) is 5.13 Å². The third kappa shape index (κ3) is 3.76. The maximum Gasteiger partial charge on any atom is 0.301 e. The van der Waals surface area contributed by atoms with E-state index in [1.54, 1.807) is 30.3 Å². The van der Waals surface area contributed by atoms with Gasteiger partial charge in [-0.25, -0.2) is 4.98 Å². The molecule has 3 aromatic carbocycles. The molecule has 2 N–H and O–H groups in total. The monoisotopic (exact) mass is 512 g/mol. The van der Waals surface area contributed by atoms with E-state index in [0.717, 1.165) is 32.7 Å². The molecular formula is C29H24N2O5S. The third-order valence-corrected chi connectivity index (χ3v) is 7.83. The number of carbonyl (C=O) groups excluding carboxylic acids is 2. The van der Waals surface area contributed by atoms with E-state index in [4.69, 9.17) is 9.72 Å². The fraction of sp³-hybridized carbons (Fsp3) is 0.207. The summed E-state index contributed by atoms with van der Waals surface area (Å²) < 4.78 is 6.67. The number of aryl methyl sites for hydroxylation is 2. The van der Waals surface area contributed by atoms with Gasteiger partial charge in [0.1, 0.15) is 23.4 Å². The minimum absolute atomic E-state index is 0.0116. The lowest BCUT2D eigenvalue weighted by Gasteiger charge is -2.23. The van der Waals surface area contributed by atoms with Crippen LogP contribution in [0.2, 0.25) is 0 Å². The predicted octanol–water partition coefficient (Wildman–Crippen LogP) is 5.57. The number of ether oxygens (including phenoxy) is 1. The van der Waals surface area contributed by atoms with Crippen molar-refractivity contribution in [2.75, 3.05) is 4.90 Å². The number of carbonyl (C=O) groups is 2. The lowest BCUT2D eigenvalue weighted by atomic mass is 9.94. The molecule has 1 saturated heterocycles. The number of ketones is 1. The fourth-order valence-electron chi connectivity index (χ4n) is 5.23. The Morgan fingerprint density at radius 3 is 2.70 bits per heavy atom. The predicted molar refractivity (Wildman–Crippen MR) is 142 cm³/mol. The Labute approximate surface area is 217 Å². The van der Waals surface area contributed by atoms with Crippen LogP contribution in [-0.4, -0.2) is 33.0 Å². The molecule has 186 valence electrons. The van der Waals surface area contributed by atoms with Crippen LogP contribution in [0, 0.1) is 13.8 Å². The van der Waals surface area contributed by atoms with Crippen molar-refractivity contribution < 1.29 is 24.5 Å². The summed E-state index contributed by atoms with van der Waals surface area (Å²) in [6.07, 6.45) is 0.710. The SMILES string of the molecule is Cc1cc(C)c2nc(N3C(=O)C(=O)/C(=C(/O)c4ccc5c(c4)CC(C)O5)C3c3cccc(O)c3)sc2c1. The molecular weight excluding hydrogens is 488 g/mol. The molecule has 0 spiro atoms. The summed E-state index contributed by atoms with van der Waals surface area (Å²) in [6, 6.07) is 14.7. The van der Waals surface area contributed by atoms with E-state index >= 15 is 0 Å². The number of aromatic hydroxyl groups is 1. The van der Waals surface area contributed by atoms with Crippen LogP contribution < -0.4 is 9.64 Å². The van der Waals surface area contributed by atoms with Gasteiger partial charge in [0.2, 0.25) is 0 Å². The van der Waals surface area contributed by atoms with Crippen molar-refractivity contribution in [3.8, 4) is 11.5 Å². The zero-order valence-electron chi connectivity index (χ0n) is 20.5. The standard InChI is InChI=1S/C29H24N2O5S/c1-14-9-15(2)24-22(10-14)37-29(30-24)31-25(17-5-4-6-20(32)13-17)23(27(34)28(31)35)26(33)18-7-8-21-19(12-18)11-16(3)36-21/h4-10,12-13,16,25,32-33H,11H2,1-3H3/b26-23+. The minimum Gasteiger partial charge on any atom is -0.508 e. The van der Waals surface area contributed by atoms with Gasteiger partial charge in [0.05, 0.1) is 21.8 Å². The highest BCUT2D eigenvalue weighted by molar-refractivity contribution is 7.22. The number of phenols is 1. The van der Waals surface area contributed by atoms with Gasteiger partial charge in [-0.3, -0.25) is 14.5 Å². The number of amides is 1. The third-order valence-electron chi connectivity index (χ3n) is 6.82. The summed E-state index contributed by atoms with van der Waals surface area (Å²) in [4.78, 5) is 33.0. The molecule has 0 aliphatic carbocycles. The van der Waals surface area contributed by atoms with Crippen LogP contribution in [-0.2, 0) is 16.0 Å². The average Bonchev–Trinajstić information content (AvgIpc) is 3.51. The van der Waals surface area contributed by atoms with Gasteiger partial charge in [0.25, 0.3) is 5.78 Å². The number of phenolic OH excluding ortho intramolecular Hbond substituents is 1. The highest BCUT2D eigenvalue weighted by atomic mass is 32.1. The van der Waals surface area contributed by atoms with Crippen LogP contribution in [0.5, 0.6) is 11.5 Å². The number of Topliss-reactive ketones (excluding diaryl/α,β-unsaturated/α-hetero) is 1. The van der Waals surface area contributed by atoms with Crippen molar-refractivity contribution in [2.45, 2.75) is 39.3 Å². The van der Waals surface area contributed by atoms with Crippen molar-refractivity contribution >= 4 is 44.1 Å². The number of rotatable bonds is 3. The average molecular weight is 513 g/mol. The number of hydrogen-bond donors (Lipinski definition) is 2. The number of nitrogens with zero attached hydrogens (tertiary/aromatic N) is 2. The van der Waals surface area contributed by atoms with Gasteiger partial charge in [-0.15, -0.1) is 0 Å². The molecule has 6 rings (SSSR count). The first-order valence-electron chi connectivity index (χ1n) is 12.0. The molecule has 0 bridgehead atoms. The molecule has 2 atom stereocenters. The second-order valence-electron chi connectivity index (χ2n) is 9.64. The molecule has 37 heavy (non-hydrogen) atoms. The van der Waals surface area contributed by atoms with Gasteiger partial charge < -0.3 is 14.9 Å². The van der Waals surface area contributed by atoms with Crippen molar-refractivity contribution in [3.63, 3.8) is 0 Å². The van der Waals surface area contributed by atoms with Crippen LogP contribution in [0.4, 0.5) is 5.13 Å². The number of aliphatic hydroxyl groups is 1. The van der Waals surface area contributed by atoms with Gasteiger partial charge in [-0.2, -0.15) is 0 Å². The zero-order valence-corrected chi connectivity index (χ0v) is 21.3. The van der Waals surface area contributed by atoms with Crippen molar-refractivity contribution in [3.05, 3.63) is 88.0 Å². The molecule has 8 heteroatoms. The van der Waals surface area contributed by atoms with E-state index in [1.807, 2.05) is 32.9 Å². The number of aromatic nitrogens is 1. The summed E-state index contributed by atoms with van der Waals surface area (Å²) in [7, 11) is 0. The number of aliphatic hydroxyl groups excluding tert-OH is 1. The van der Waals surface area contributed by atoms with Crippen LogP contribution in [0.15, 0.2) is 60.2 Å². The number of fused-ring (bicyclic) bond motifs is 2. The Kier molecular flexibility index (Phi) is 5.31. The summed E-state index contributed by atoms with van der Waals surface area (Å²) >= 11 is 1.32. The minimum atomic E-state index is -0.961. The molecule has 4 aromatic rings. The Balaban J connectivity index is 1.55. The smallest absolute Gasteiger partial charge is 0.301 e. The molecule has 0 saturated carbocycles. The van der Waals surface area contributed by atoms with E-state index in [0.29, 0.717) is 22.7 Å². The van der Waals surface area contributed by atoms with Gasteiger partial charge in [0, 0.05) is 12.0 Å². The summed E-state index contributed by atoms with van der Waals surface area (Å²) in [5, 5.41) is 22.0. The van der Waals surface area contributed by atoms with E-state index in [-0.39, 0.29) is 23.2 Å². The van der Waals surface area contributed by atoms with Crippen molar-refractivity contribution in [1.29, 1.82) is 0 Å². The number of hydrogen-bond acceptors (Lipinski definition) is 7. The van der Waals surface area contributed by atoms with E-state index < -0.39 is 17.7 Å². The highest BCUT2D eigenvalue weighted by Gasteiger charge is 2.48. The van der Waals surface area contributed by atoms with Crippen molar-refractivity contribution in [2.24, 2.45) is 0 Å². The number of anilines is 1. The highest BCUT2D eigenvalue weighted by Crippen LogP contribution is 2.45. The summed E-state index contributed by atoms with van der Waals surface area (Å²) in [6.45, 7) is 5.92. The zero-order chi connectivity index (χ0) is 26.0. The van der Waals surface area contributed by atoms with Crippen molar-refractivity contribution in [1.82, 2.24) is 4.98 Å². The molecule has 1 aromatic heterocycles. The number of benzene rings is 3. The Morgan fingerprint density at radius 1 is 1.11 bits per heavy atom. The first kappa shape index (κ1) is 23.2. The molecule has 2 aliphatic heterocycles. The Bertz CT molecular complexity index is 1650. The molecule has 7 nitrogen and oxygen atoms in total. The molecule has 1 fully saturated rings. The van der Waals surface area contributed by atoms with E-state index in [9.17, 15) is 19.8 Å². The van der Waals surface area contributed by atoms with Gasteiger partial charge in [-0.1, -0.05) is 29.5 Å². The number of thiazole rings is 1. The second-order valence-corrected chi connectivity index (χ2v) is 10.7. The second kappa shape index (κ2) is 8.45. The van der Waals surface area contributed by atoms with Gasteiger partial charge in [-0.05, 0) is 79.4 Å². The molecule has 2 aliphatic rings. The van der Waals surface area contributed by atoms with E-state index in [2.05, 4.69) is 0 Å². The molecule has 2 unspecified atom stereocenters. The lowest BCUT2D eigenvalue weighted by molar-refractivity contribution is -0.132. The maximum absolute atomic E-state index is 13.5. The quantitative estimate of drug-likeness (QED) is 0.212. The van der Waals surface area contributed by atoms with Crippen LogP contribution >= 0.6 is 11.3 Å². The topological polar surface area (TPSA) is 100.0 Å². The maximum atomic E-state index is 13.5. The first-order valence-corrected chi connectivity index (χ1v) is 12.8. The van der Waals surface area contributed by atoms with Crippen LogP contribution in [0.3, 0.4) is 0 Å². The fourth-order valence-corrected chi connectivity index (χ4v) is 6.40.